The second-order valence-corrected chi connectivity index (χ2v) is 4.10. The van der Waals surface area contributed by atoms with Gasteiger partial charge in [-0.05, 0) is 30.7 Å². The SMILES string of the molecule is CCCC(NC)c1ccc2c(c1)CCO2. The molecular weight excluding hydrogens is 186 g/mol. The minimum Gasteiger partial charge on any atom is -0.493 e. The lowest BCUT2D eigenvalue weighted by atomic mass is 9.99. The average molecular weight is 205 g/mol. The van der Waals surface area contributed by atoms with Crippen LogP contribution >= 0.6 is 0 Å². The molecule has 2 nitrogen and oxygen atoms in total. The topological polar surface area (TPSA) is 21.3 Å². The zero-order valence-electron chi connectivity index (χ0n) is 9.55. The highest BCUT2D eigenvalue weighted by Crippen LogP contribution is 2.29. The summed E-state index contributed by atoms with van der Waals surface area (Å²) in [5, 5.41) is 3.37. The fourth-order valence-corrected chi connectivity index (χ4v) is 2.19. The van der Waals surface area contributed by atoms with Crippen LogP contribution in [0.4, 0.5) is 0 Å². The van der Waals surface area contributed by atoms with Crippen LogP contribution in [0, 0.1) is 0 Å². The zero-order chi connectivity index (χ0) is 10.7. The summed E-state index contributed by atoms with van der Waals surface area (Å²) < 4.78 is 5.51. The maximum Gasteiger partial charge on any atom is 0.122 e. The van der Waals surface area contributed by atoms with Gasteiger partial charge in [-0.1, -0.05) is 25.5 Å². The van der Waals surface area contributed by atoms with Crippen molar-refractivity contribution in [2.45, 2.75) is 32.2 Å². The smallest absolute Gasteiger partial charge is 0.122 e. The monoisotopic (exact) mass is 205 g/mol. The van der Waals surface area contributed by atoms with E-state index in [1.165, 1.54) is 24.0 Å². The summed E-state index contributed by atoms with van der Waals surface area (Å²) in [5.41, 5.74) is 2.76. The van der Waals surface area contributed by atoms with Gasteiger partial charge in [-0.3, -0.25) is 0 Å². The largest absolute Gasteiger partial charge is 0.493 e. The van der Waals surface area contributed by atoms with Crippen LogP contribution < -0.4 is 10.1 Å². The van der Waals surface area contributed by atoms with Crippen molar-refractivity contribution >= 4 is 0 Å². The van der Waals surface area contributed by atoms with Gasteiger partial charge >= 0.3 is 0 Å². The summed E-state index contributed by atoms with van der Waals surface area (Å²) >= 11 is 0. The lowest BCUT2D eigenvalue weighted by Crippen LogP contribution is -2.16. The molecule has 1 aliphatic heterocycles. The molecule has 0 saturated heterocycles. The van der Waals surface area contributed by atoms with E-state index in [0.717, 1.165) is 18.8 Å². The molecule has 1 aromatic carbocycles. The van der Waals surface area contributed by atoms with Crippen molar-refractivity contribution in [3.05, 3.63) is 29.3 Å². The van der Waals surface area contributed by atoms with Gasteiger partial charge in [0.1, 0.15) is 5.75 Å². The van der Waals surface area contributed by atoms with Gasteiger partial charge in [-0.25, -0.2) is 0 Å². The van der Waals surface area contributed by atoms with Gasteiger partial charge in [0.15, 0.2) is 0 Å². The molecule has 82 valence electrons. The molecule has 1 unspecified atom stereocenters. The van der Waals surface area contributed by atoms with E-state index in [2.05, 4.69) is 30.4 Å². The predicted molar refractivity (Wildman–Crippen MR) is 62.3 cm³/mol. The summed E-state index contributed by atoms with van der Waals surface area (Å²) in [7, 11) is 2.03. The van der Waals surface area contributed by atoms with E-state index in [-0.39, 0.29) is 0 Å². The highest BCUT2D eigenvalue weighted by Gasteiger charge is 2.15. The Kier molecular flexibility index (Phi) is 3.27. The highest BCUT2D eigenvalue weighted by molar-refractivity contribution is 5.40. The third kappa shape index (κ3) is 2.15. The molecule has 1 aliphatic rings. The summed E-state index contributed by atoms with van der Waals surface area (Å²) in [6.07, 6.45) is 3.46. The van der Waals surface area contributed by atoms with Crippen LogP contribution in [-0.2, 0) is 6.42 Å². The molecular formula is C13H19NO. The first-order valence-corrected chi connectivity index (χ1v) is 5.78. The van der Waals surface area contributed by atoms with Crippen LogP contribution in [0.1, 0.15) is 36.9 Å². The van der Waals surface area contributed by atoms with E-state index in [0.29, 0.717) is 6.04 Å². The molecule has 0 saturated carbocycles. The van der Waals surface area contributed by atoms with E-state index >= 15 is 0 Å². The number of hydrogen-bond donors (Lipinski definition) is 1. The molecule has 2 heteroatoms. The van der Waals surface area contributed by atoms with E-state index in [1.807, 2.05) is 7.05 Å². The molecule has 1 N–H and O–H groups in total. The van der Waals surface area contributed by atoms with Crippen LogP contribution in [0.5, 0.6) is 5.75 Å². The molecule has 1 atom stereocenters. The first kappa shape index (κ1) is 10.5. The number of nitrogens with one attached hydrogen (secondary N) is 1. The molecule has 2 rings (SSSR count). The number of benzene rings is 1. The van der Waals surface area contributed by atoms with Gasteiger partial charge in [0.2, 0.25) is 0 Å². The lowest BCUT2D eigenvalue weighted by molar-refractivity contribution is 0.356. The highest BCUT2D eigenvalue weighted by atomic mass is 16.5. The first-order chi connectivity index (χ1) is 7.35. The van der Waals surface area contributed by atoms with Crippen LogP contribution in [-0.4, -0.2) is 13.7 Å². The maximum absolute atomic E-state index is 5.51. The summed E-state index contributed by atoms with van der Waals surface area (Å²) in [6, 6.07) is 7.07. The molecule has 0 aliphatic carbocycles. The number of rotatable bonds is 4. The summed E-state index contributed by atoms with van der Waals surface area (Å²) in [6.45, 7) is 3.07. The van der Waals surface area contributed by atoms with E-state index in [4.69, 9.17) is 4.74 Å². The Bertz CT molecular complexity index is 335. The predicted octanol–water partition coefficient (Wildman–Crippen LogP) is 2.68. The molecule has 0 amide bonds. The minimum atomic E-state index is 0.487. The first-order valence-electron chi connectivity index (χ1n) is 5.78. The van der Waals surface area contributed by atoms with Crippen LogP contribution in [0.2, 0.25) is 0 Å². The molecule has 1 heterocycles. The molecule has 0 aromatic heterocycles. The van der Waals surface area contributed by atoms with Gasteiger partial charge in [0.05, 0.1) is 6.61 Å². The zero-order valence-corrected chi connectivity index (χ0v) is 9.55. The summed E-state index contributed by atoms with van der Waals surface area (Å²) in [4.78, 5) is 0. The van der Waals surface area contributed by atoms with Gasteiger partial charge in [-0.15, -0.1) is 0 Å². The quantitative estimate of drug-likeness (QED) is 0.816. The molecule has 0 radical (unpaired) electrons. The number of ether oxygens (including phenoxy) is 1. The van der Waals surface area contributed by atoms with E-state index in [9.17, 15) is 0 Å². The Labute approximate surface area is 91.6 Å². The Morgan fingerprint density at radius 2 is 2.33 bits per heavy atom. The van der Waals surface area contributed by atoms with Crippen molar-refractivity contribution in [3.63, 3.8) is 0 Å². The van der Waals surface area contributed by atoms with Gasteiger partial charge < -0.3 is 10.1 Å². The van der Waals surface area contributed by atoms with E-state index < -0.39 is 0 Å². The van der Waals surface area contributed by atoms with Crippen molar-refractivity contribution in [1.82, 2.24) is 5.32 Å². The van der Waals surface area contributed by atoms with Crippen LogP contribution in [0.3, 0.4) is 0 Å². The molecule has 15 heavy (non-hydrogen) atoms. The van der Waals surface area contributed by atoms with Crippen molar-refractivity contribution < 1.29 is 4.74 Å². The van der Waals surface area contributed by atoms with Crippen molar-refractivity contribution in [3.8, 4) is 5.75 Å². The fourth-order valence-electron chi connectivity index (χ4n) is 2.19. The summed E-state index contributed by atoms with van der Waals surface area (Å²) in [5.74, 6) is 1.07. The molecule has 0 fully saturated rings. The standard InChI is InChI=1S/C13H19NO/c1-3-4-12(14-2)10-5-6-13-11(9-10)7-8-15-13/h5-6,9,12,14H,3-4,7-8H2,1-2H3. The Hall–Kier alpha value is -1.02. The van der Waals surface area contributed by atoms with Crippen molar-refractivity contribution in [1.29, 1.82) is 0 Å². The van der Waals surface area contributed by atoms with Gasteiger partial charge in [0.25, 0.3) is 0 Å². The molecule has 0 spiro atoms. The minimum absolute atomic E-state index is 0.487. The Morgan fingerprint density at radius 1 is 1.47 bits per heavy atom. The normalized spacial score (nSPS) is 15.9. The Morgan fingerprint density at radius 3 is 3.07 bits per heavy atom. The molecule has 0 bridgehead atoms. The number of hydrogen-bond acceptors (Lipinski definition) is 2. The van der Waals surface area contributed by atoms with Gasteiger partial charge in [-0.2, -0.15) is 0 Å². The van der Waals surface area contributed by atoms with Crippen LogP contribution in [0.15, 0.2) is 18.2 Å². The second-order valence-electron chi connectivity index (χ2n) is 4.10. The Balaban J connectivity index is 2.20. The lowest BCUT2D eigenvalue weighted by Gasteiger charge is -2.16. The maximum atomic E-state index is 5.51. The second kappa shape index (κ2) is 4.67. The van der Waals surface area contributed by atoms with Crippen molar-refractivity contribution in [2.75, 3.05) is 13.7 Å². The van der Waals surface area contributed by atoms with Crippen LogP contribution in [0.25, 0.3) is 0 Å². The third-order valence-electron chi connectivity index (χ3n) is 3.04. The molecule has 1 aromatic rings. The average Bonchev–Trinajstić information content (AvgIpc) is 2.72. The third-order valence-corrected chi connectivity index (χ3v) is 3.04. The van der Waals surface area contributed by atoms with Gasteiger partial charge in [0, 0.05) is 12.5 Å². The fraction of sp³-hybridized carbons (Fsp3) is 0.538. The number of fused-ring (bicyclic) bond motifs is 1. The van der Waals surface area contributed by atoms with Crippen molar-refractivity contribution in [2.24, 2.45) is 0 Å². The van der Waals surface area contributed by atoms with E-state index in [1.54, 1.807) is 0 Å².